The number of carbonyl (C=O) groups excluding carboxylic acids is 1. The molecule has 2 aliphatic rings. The summed E-state index contributed by atoms with van der Waals surface area (Å²) in [6, 6.07) is 8.65. The van der Waals surface area contributed by atoms with Crippen molar-refractivity contribution in [3.05, 3.63) is 67.7 Å². The number of nitrogens with one attached hydrogen (secondary N) is 1. The Hall–Kier alpha value is -1.88. The fourth-order valence-electron chi connectivity index (χ4n) is 6.03. The van der Waals surface area contributed by atoms with Gasteiger partial charge in [-0.25, -0.2) is 0 Å². The number of halogens is 5. The Labute approximate surface area is 230 Å². The molecular weight excluding hydrogens is 615 g/mol. The molecule has 0 spiro atoms. The first-order chi connectivity index (χ1) is 17.5. The highest BCUT2D eigenvalue weighted by molar-refractivity contribution is 9.11. The monoisotopic (exact) mass is 641 g/mol. The van der Waals surface area contributed by atoms with Crippen molar-refractivity contribution in [3.63, 3.8) is 0 Å². The van der Waals surface area contributed by atoms with Gasteiger partial charge in [-0.3, -0.25) is 9.36 Å². The molecule has 2 heterocycles. The van der Waals surface area contributed by atoms with E-state index in [1.54, 1.807) is 6.07 Å². The lowest BCUT2D eigenvalue weighted by atomic mass is 9.72. The minimum Gasteiger partial charge on any atom is -0.394 e. The minimum atomic E-state index is -4.49. The van der Waals surface area contributed by atoms with E-state index in [9.17, 15) is 23.1 Å². The molecule has 5 rings (SSSR count). The molecule has 2 aromatic carbocycles. The SMILES string of the molecule is Cc1c(Br)cc(CC(CO)NC(=O)[C@@H]2C[C@@H]3c4cccc5c4c(cn5C(F)(F)F)C[C@H]3N(C)C2)cc1Br. The predicted molar refractivity (Wildman–Crippen MR) is 144 cm³/mol. The van der Waals surface area contributed by atoms with E-state index in [-0.39, 0.29) is 35.9 Å². The molecule has 10 heteroatoms. The summed E-state index contributed by atoms with van der Waals surface area (Å²) in [7, 11) is 1.94. The molecule has 1 aliphatic carbocycles. The van der Waals surface area contributed by atoms with Gasteiger partial charge in [0.25, 0.3) is 0 Å². The zero-order valence-corrected chi connectivity index (χ0v) is 23.6. The number of amides is 1. The van der Waals surface area contributed by atoms with Gasteiger partial charge in [-0.05, 0) is 73.7 Å². The van der Waals surface area contributed by atoms with Crippen molar-refractivity contribution in [1.82, 2.24) is 14.8 Å². The second kappa shape index (κ2) is 10.0. The number of aromatic nitrogens is 1. The van der Waals surface area contributed by atoms with Gasteiger partial charge >= 0.3 is 6.30 Å². The summed E-state index contributed by atoms with van der Waals surface area (Å²) in [4.78, 5) is 15.5. The molecule has 5 nitrogen and oxygen atoms in total. The number of hydrogen-bond donors (Lipinski definition) is 2. The van der Waals surface area contributed by atoms with Gasteiger partial charge in [-0.2, -0.15) is 0 Å². The maximum atomic E-state index is 13.7. The van der Waals surface area contributed by atoms with Crippen molar-refractivity contribution >= 4 is 48.7 Å². The quantitative estimate of drug-likeness (QED) is 0.379. The zero-order chi connectivity index (χ0) is 26.6. The molecule has 1 amide bonds. The number of piperidine rings is 1. The number of aliphatic hydroxyl groups excluding tert-OH is 1. The smallest absolute Gasteiger partial charge is 0.394 e. The van der Waals surface area contributed by atoms with Crippen molar-refractivity contribution in [1.29, 1.82) is 0 Å². The van der Waals surface area contributed by atoms with E-state index < -0.39 is 12.3 Å². The number of benzene rings is 2. The maximum Gasteiger partial charge on any atom is 0.488 e. The van der Waals surface area contributed by atoms with E-state index in [1.165, 1.54) is 12.3 Å². The van der Waals surface area contributed by atoms with Crippen LogP contribution in [0.15, 0.2) is 45.5 Å². The molecule has 198 valence electrons. The van der Waals surface area contributed by atoms with Crippen molar-refractivity contribution in [2.24, 2.45) is 5.92 Å². The third-order valence-electron chi connectivity index (χ3n) is 7.88. The third-order valence-corrected chi connectivity index (χ3v) is 9.53. The average molecular weight is 643 g/mol. The summed E-state index contributed by atoms with van der Waals surface area (Å²) in [6.07, 6.45) is -1.72. The molecule has 0 radical (unpaired) electrons. The van der Waals surface area contributed by atoms with Crippen LogP contribution in [0.2, 0.25) is 0 Å². The molecule has 1 aromatic heterocycles. The summed E-state index contributed by atoms with van der Waals surface area (Å²) in [5.74, 6) is -0.523. The molecule has 4 atom stereocenters. The van der Waals surface area contributed by atoms with Crippen LogP contribution in [0.3, 0.4) is 0 Å². The van der Waals surface area contributed by atoms with E-state index in [2.05, 4.69) is 42.1 Å². The number of likely N-dealkylation sites (tertiary alicyclic amines) is 1. The standard InChI is InChI=1S/C27H28Br2F3N3O2/c1-14-21(28)7-15(8-22(14)29)6-18(13-36)33-26(37)17-9-20-19-4-3-5-23-25(19)16(10-24(20)34(2)11-17)12-35(23)27(30,31)32/h3-5,7-8,12,17-18,20,24,36H,6,9-11,13H2,1-2H3,(H,33,37)/t17-,18?,20-,24-/m1/s1. The first-order valence-electron chi connectivity index (χ1n) is 12.2. The van der Waals surface area contributed by atoms with Gasteiger partial charge in [0, 0.05) is 39.0 Å². The summed E-state index contributed by atoms with van der Waals surface area (Å²) in [6.45, 7) is 2.30. The Kier molecular flexibility index (Phi) is 7.23. The van der Waals surface area contributed by atoms with E-state index in [0.29, 0.717) is 41.3 Å². The number of rotatable bonds is 5. The normalized spacial score (nSPS) is 22.6. The summed E-state index contributed by atoms with van der Waals surface area (Å²) in [5.41, 5.74) is 3.80. The molecule has 3 aromatic rings. The Balaban J connectivity index is 1.37. The Morgan fingerprint density at radius 3 is 2.59 bits per heavy atom. The van der Waals surface area contributed by atoms with Crippen LogP contribution in [0.1, 0.15) is 34.6 Å². The van der Waals surface area contributed by atoms with Gasteiger partial charge in [0.1, 0.15) is 0 Å². The third kappa shape index (κ3) is 4.97. The second-order valence-corrected chi connectivity index (χ2v) is 12.0. The number of nitrogens with zero attached hydrogens (tertiary/aromatic N) is 2. The molecule has 1 aliphatic heterocycles. The van der Waals surface area contributed by atoms with E-state index >= 15 is 0 Å². The zero-order valence-electron chi connectivity index (χ0n) is 20.4. The lowest BCUT2D eigenvalue weighted by Gasteiger charge is -2.45. The lowest BCUT2D eigenvalue weighted by molar-refractivity contribution is -0.200. The van der Waals surface area contributed by atoms with Crippen LogP contribution < -0.4 is 5.32 Å². The Morgan fingerprint density at radius 1 is 1.24 bits per heavy atom. The number of hydrogen-bond acceptors (Lipinski definition) is 3. The summed E-state index contributed by atoms with van der Waals surface area (Å²) >= 11 is 7.10. The second-order valence-electron chi connectivity index (χ2n) is 10.3. The molecule has 1 saturated heterocycles. The first-order valence-corrected chi connectivity index (χ1v) is 13.8. The maximum absolute atomic E-state index is 13.7. The van der Waals surface area contributed by atoms with Crippen LogP contribution in [-0.4, -0.2) is 52.8 Å². The van der Waals surface area contributed by atoms with Crippen LogP contribution in [0.25, 0.3) is 10.9 Å². The molecule has 1 unspecified atom stereocenters. The van der Waals surface area contributed by atoms with Gasteiger partial charge in [-0.1, -0.05) is 44.0 Å². The molecule has 0 bridgehead atoms. The molecular formula is C27H28Br2F3N3O2. The van der Waals surface area contributed by atoms with E-state index in [4.69, 9.17) is 0 Å². The van der Waals surface area contributed by atoms with Gasteiger partial charge < -0.3 is 15.3 Å². The number of alkyl halides is 3. The number of fused-ring (bicyclic) bond motifs is 2. The van der Waals surface area contributed by atoms with Crippen molar-refractivity contribution in [3.8, 4) is 0 Å². The first kappa shape index (κ1) is 26.7. The fourth-order valence-corrected chi connectivity index (χ4v) is 7.31. The number of carbonyl (C=O) groups is 1. The largest absolute Gasteiger partial charge is 0.488 e. The topological polar surface area (TPSA) is 57.5 Å². The Bertz CT molecular complexity index is 1330. The van der Waals surface area contributed by atoms with Gasteiger partial charge in [0.15, 0.2) is 0 Å². The summed E-state index contributed by atoms with van der Waals surface area (Å²) in [5, 5.41) is 13.7. The van der Waals surface area contributed by atoms with E-state index in [1.807, 2.05) is 32.2 Å². The highest BCUT2D eigenvalue weighted by Crippen LogP contribution is 2.46. The minimum absolute atomic E-state index is 0.0298. The van der Waals surface area contributed by atoms with Crippen molar-refractivity contribution in [2.45, 2.75) is 50.5 Å². The molecule has 0 saturated carbocycles. The highest BCUT2D eigenvalue weighted by atomic mass is 79.9. The fraction of sp³-hybridized carbons (Fsp3) is 0.444. The van der Waals surface area contributed by atoms with Gasteiger partial charge in [0.05, 0.1) is 24.1 Å². The van der Waals surface area contributed by atoms with Crippen molar-refractivity contribution in [2.75, 3.05) is 20.2 Å². The predicted octanol–water partition coefficient (Wildman–Crippen LogP) is 5.63. The highest BCUT2D eigenvalue weighted by Gasteiger charge is 2.43. The van der Waals surface area contributed by atoms with Gasteiger partial charge in [0.2, 0.25) is 5.91 Å². The van der Waals surface area contributed by atoms with Crippen LogP contribution in [0.4, 0.5) is 13.2 Å². The van der Waals surface area contributed by atoms with Crippen LogP contribution in [0.5, 0.6) is 0 Å². The van der Waals surface area contributed by atoms with Crippen LogP contribution in [0, 0.1) is 12.8 Å². The molecule has 37 heavy (non-hydrogen) atoms. The average Bonchev–Trinajstić information content (AvgIpc) is 3.23. The lowest BCUT2D eigenvalue weighted by Crippen LogP contribution is -2.53. The van der Waals surface area contributed by atoms with Gasteiger partial charge in [-0.15, -0.1) is 13.2 Å². The Morgan fingerprint density at radius 2 is 1.95 bits per heavy atom. The number of aliphatic hydroxyl groups is 1. The van der Waals surface area contributed by atoms with Crippen LogP contribution >= 0.6 is 31.9 Å². The van der Waals surface area contributed by atoms with E-state index in [0.717, 1.165) is 25.6 Å². The van der Waals surface area contributed by atoms with Crippen molar-refractivity contribution < 1.29 is 23.1 Å². The van der Waals surface area contributed by atoms with Crippen LogP contribution in [-0.2, 0) is 23.9 Å². The summed E-state index contributed by atoms with van der Waals surface area (Å²) < 4.78 is 43.4. The molecule has 2 N–H and O–H groups in total. The molecule has 1 fully saturated rings. The number of likely N-dealkylation sites (N-methyl/N-ethyl adjacent to an activating group) is 1.